The van der Waals surface area contributed by atoms with Gasteiger partial charge in [-0.3, -0.25) is 9.69 Å². The monoisotopic (exact) mass is 330 g/mol. The Bertz CT molecular complexity index is 704. The summed E-state index contributed by atoms with van der Waals surface area (Å²) in [5.74, 6) is -0.973. The maximum absolute atomic E-state index is 12.7. The highest BCUT2D eigenvalue weighted by Crippen LogP contribution is 2.30. The molecule has 7 heteroatoms. The number of urea groups is 1. The highest BCUT2D eigenvalue weighted by Gasteiger charge is 2.49. The lowest BCUT2D eigenvalue weighted by atomic mass is 9.92. The first-order valence-electron chi connectivity index (χ1n) is 7.09. The fourth-order valence-corrected chi connectivity index (χ4v) is 2.62. The largest absolute Gasteiger partial charge is 0.325 e. The Morgan fingerprint density at radius 2 is 1.96 bits per heavy atom. The second-order valence-electron chi connectivity index (χ2n) is 5.50. The van der Waals surface area contributed by atoms with Gasteiger partial charge in [0, 0.05) is 18.0 Å². The van der Waals surface area contributed by atoms with Crippen LogP contribution in [0, 0.1) is 28.6 Å². The van der Waals surface area contributed by atoms with Gasteiger partial charge in [0.1, 0.15) is 5.54 Å². The van der Waals surface area contributed by atoms with Crippen LogP contribution in [0.2, 0.25) is 5.02 Å². The Labute approximate surface area is 139 Å². The normalized spacial score (nSPS) is 21.5. The topological polar surface area (TPSA) is 97.0 Å². The Morgan fingerprint density at radius 1 is 1.30 bits per heavy atom. The molecule has 118 valence electrons. The molecule has 0 aliphatic carbocycles. The first-order valence-corrected chi connectivity index (χ1v) is 7.47. The van der Waals surface area contributed by atoms with E-state index in [1.54, 1.807) is 31.2 Å². The fourth-order valence-electron chi connectivity index (χ4n) is 2.50. The summed E-state index contributed by atoms with van der Waals surface area (Å²) in [7, 11) is 0. The summed E-state index contributed by atoms with van der Waals surface area (Å²) < 4.78 is 0. The Balaban J connectivity index is 2.21. The SMILES string of the molecule is C[C@]1(c2ccc(Cl)cc2)NC(=O)N(C[C@H](C#N)CCC#N)C1=O. The van der Waals surface area contributed by atoms with Gasteiger partial charge < -0.3 is 5.32 Å². The second-order valence-corrected chi connectivity index (χ2v) is 5.94. The predicted molar refractivity (Wildman–Crippen MR) is 83.0 cm³/mol. The lowest BCUT2D eigenvalue weighted by Gasteiger charge is -2.22. The van der Waals surface area contributed by atoms with Crippen molar-refractivity contribution >= 4 is 23.5 Å². The number of amides is 3. The summed E-state index contributed by atoms with van der Waals surface area (Å²) >= 11 is 5.85. The third kappa shape index (κ3) is 3.28. The van der Waals surface area contributed by atoms with Crippen LogP contribution < -0.4 is 5.32 Å². The van der Waals surface area contributed by atoms with Gasteiger partial charge in [-0.2, -0.15) is 10.5 Å². The maximum Gasteiger partial charge on any atom is 0.325 e. The number of nitriles is 2. The van der Waals surface area contributed by atoms with Gasteiger partial charge in [-0.15, -0.1) is 0 Å². The molecule has 0 aromatic heterocycles. The number of rotatable bonds is 5. The van der Waals surface area contributed by atoms with Crippen molar-refractivity contribution in [1.29, 1.82) is 10.5 Å². The molecule has 1 heterocycles. The minimum Gasteiger partial charge on any atom is -0.319 e. The minimum atomic E-state index is -1.18. The van der Waals surface area contributed by atoms with E-state index in [0.717, 1.165) is 4.90 Å². The summed E-state index contributed by atoms with van der Waals surface area (Å²) in [6.07, 6.45) is 0.526. The smallest absolute Gasteiger partial charge is 0.319 e. The Hall–Kier alpha value is -2.57. The second kappa shape index (κ2) is 6.68. The van der Waals surface area contributed by atoms with Gasteiger partial charge in [0.15, 0.2) is 0 Å². The molecule has 0 spiro atoms. The van der Waals surface area contributed by atoms with Crippen molar-refractivity contribution in [3.8, 4) is 12.1 Å². The molecule has 6 nitrogen and oxygen atoms in total. The number of nitrogens with one attached hydrogen (secondary N) is 1. The number of benzene rings is 1. The molecule has 0 unspecified atom stereocenters. The first-order chi connectivity index (χ1) is 10.9. The van der Waals surface area contributed by atoms with Gasteiger partial charge >= 0.3 is 6.03 Å². The molecule has 1 aliphatic rings. The number of carbonyl (C=O) groups excluding carboxylic acids is 2. The molecular weight excluding hydrogens is 316 g/mol. The zero-order valence-electron chi connectivity index (χ0n) is 12.5. The van der Waals surface area contributed by atoms with Crippen molar-refractivity contribution in [2.75, 3.05) is 6.54 Å². The van der Waals surface area contributed by atoms with Crippen LogP contribution in [-0.4, -0.2) is 23.4 Å². The maximum atomic E-state index is 12.7. The van der Waals surface area contributed by atoms with E-state index >= 15 is 0 Å². The van der Waals surface area contributed by atoms with Crippen LogP contribution in [0.5, 0.6) is 0 Å². The van der Waals surface area contributed by atoms with E-state index in [9.17, 15) is 9.59 Å². The number of imide groups is 1. The fraction of sp³-hybridized carbons (Fsp3) is 0.375. The van der Waals surface area contributed by atoms with Crippen molar-refractivity contribution in [3.05, 3.63) is 34.9 Å². The molecule has 1 saturated heterocycles. The summed E-state index contributed by atoms with van der Waals surface area (Å²) in [5.41, 5.74) is -0.565. The number of nitrogens with zero attached hydrogens (tertiary/aromatic N) is 3. The highest BCUT2D eigenvalue weighted by atomic mass is 35.5. The zero-order valence-corrected chi connectivity index (χ0v) is 13.3. The van der Waals surface area contributed by atoms with E-state index in [2.05, 4.69) is 5.32 Å². The molecule has 0 radical (unpaired) electrons. The third-order valence-corrected chi connectivity index (χ3v) is 4.14. The van der Waals surface area contributed by atoms with Crippen LogP contribution in [0.15, 0.2) is 24.3 Å². The summed E-state index contributed by atoms with van der Waals surface area (Å²) in [5, 5.41) is 20.9. The van der Waals surface area contributed by atoms with E-state index in [4.69, 9.17) is 22.1 Å². The van der Waals surface area contributed by atoms with Crippen LogP contribution in [-0.2, 0) is 10.3 Å². The van der Waals surface area contributed by atoms with Gasteiger partial charge in [0.25, 0.3) is 5.91 Å². The van der Waals surface area contributed by atoms with E-state index in [1.165, 1.54) is 0 Å². The van der Waals surface area contributed by atoms with E-state index < -0.39 is 23.4 Å². The minimum absolute atomic E-state index is 0.0218. The lowest BCUT2D eigenvalue weighted by Crippen LogP contribution is -2.41. The molecule has 3 amide bonds. The molecular formula is C16H15ClN4O2. The molecule has 1 aromatic carbocycles. The van der Waals surface area contributed by atoms with Gasteiger partial charge in [0.05, 0.1) is 18.1 Å². The molecule has 1 aromatic rings. The molecule has 2 atom stereocenters. The quantitative estimate of drug-likeness (QED) is 0.839. The van der Waals surface area contributed by atoms with Crippen molar-refractivity contribution in [3.63, 3.8) is 0 Å². The molecule has 0 saturated carbocycles. The van der Waals surface area contributed by atoms with Gasteiger partial charge in [-0.25, -0.2) is 4.79 Å². The van der Waals surface area contributed by atoms with Crippen LogP contribution in [0.25, 0.3) is 0 Å². The number of hydrogen-bond acceptors (Lipinski definition) is 4. The highest BCUT2D eigenvalue weighted by molar-refractivity contribution is 6.30. The first kappa shape index (κ1) is 16.8. The van der Waals surface area contributed by atoms with E-state index in [0.29, 0.717) is 17.0 Å². The number of halogens is 1. The van der Waals surface area contributed by atoms with Gasteiger partial charge in [-0.1, -0.05) is 23.7 Å². The Kier molecular flexibility index (Phi) is 4.88. The van der Waals surface area contributed by atoms with Gasteiger partial charge in [-0.05, 0) is 31.0 Å². The van der Waals surface area contributed by atoms with Crippen LogP contribution in [0.3, 0.4) is 0 Å². The standard InChI is InChI=1S/C16H15ClN4O2/c1-16(12-4-6-13(17)7-5-12)14(22)21(15(23)20-16)10-11(9-19)3-2-8-18/h4-7,11H,2-3,10H2,1H3,(H,20,23)/t11-,16+/m0/s1. The lowest BCUT2D eigenvalue weighted by molar-refractivity contribution is -0.131. The molecule has 23 heavy (non-hydrogen) atoms. The van der Waals surface area contributed by atoms with E-state index in [-0.39, 0.29) is 13.0 Å². The van der Waals surface area contributed by atoms with Gasteiger partial charge in [0.2, 0.25) is 0 Å². The summed E-state index contributed by atoms with van der Waals surface area (Å²) in [6.45, 7) is 1.60. The third-order valence-electron chi connectivity index (χ3n) is 3.89. The van der Waals surface area contributed by atoms with Crippen molar-refractivity contribution in [1.82, 2.24) is 10.2 Å². The zero-order chi connectivity index (χ0) is 17.0. The molecule has 1 fully saturated rings. The van der Waals surface area contributed by atoms with Crippen LogP contribution in [0.1, 0.15) is 25.3 Å². The Morgan fingerprint density at radius 3 is 2.52 bits per heavy atom. The molecule has 0 bridgehead atoms. The van der Waals surface area contributed by atoms with Crippen molar-refractivity contribution in [2.45, 2.75) is 25.3 Å². The predicted octanol–water partition coefficient (Wildman–Crippen LogP) is 2.55. The number of carbonyl (C=O) groups is 2. The van der Waals surface area contributed by atoms with Crippen LogP contribution in [0.4, 0.5) is 4.79 Å². The molecule has 1 aliphatic heterocycles. The average molecular weight is 331 g/mol. The summed E-state index contributed by atoms with van der Waals surface area (Å²) in [4.78, 5) is 25.9. The summed E-state index contributed by atoms with van der Waals surface area (Å²) in [6, 6.07) is 10.1. The van der Waals surface area contributed by atoms with E-state index in [1.807, 2.05) is 12.1 Å². The number of hydrogen-bond donors (Lipinski definition) is 1. The van der Waals surface area contributed by atoms with Crippen molar-refractivity contribution < 1.29 is 9.59 Å². The molecule has 1 N–H and O–H groups in total. The van der Waals surface area contributed by atoms with Crippen molar-refractivity contribution in [2.24, 2.45) is 5.92 Å². The molecule has 2 rings (SSSR count). The average Bonchev–Trinajstić information content (AvgIpc) is 2.75. The van der Waals surface area contributed by atoms with Crippen LogP contribution >= 0.6 is 11.6 Å².